The maximum absolute atomic E-state index is 15.9. The first-order valence-corrected chi connectivity index (χ1v) is 20.2. The minimum Gasteiger partial charge on any atom is -0.493 e. The third-order valence-corrected chi connectivity index (χ3v) is 9.91. The van der Waals surface area contributed by atoms with Crippen LogP contribution >= 0.6 is 0 Å². The number of pyridine rings is 1. The van der Waals surface area contributed by atoms with Crippen molar-refractivity contribution in [3.05, 3.63) is 89.7 Å². The van der Waals surface area contributed by atoms with E-state index in [1.54, 1.807) is 56.8 Å². The largest absolute Gasteiger partial charge is 0.493 e. The van der Waals surface area contributed by atoms with Crippen molar-refractivity contribution >= 4 is 39.3 Å². The number of hydrogen-bond acceptors (Lipinski definition) is 13. The summed E-state index contributed by atoms with van der Waals surface area (Å²) in [5, 5.41) is 2.87. The van der Waals surface area contributed by atoms with E-state index in [4.69, 9.17) is 46.9 Å². The summed E-state index contributed by atoms with van der Waals surface area (Å²) in [4.78, 5) is 37.2. The van der Waals surface area contributed by atoms with Gasteiger partial charge in [-0.2, -0.15) is 8.42 Å². The van der Waals surface area contributed by atoms with Crippen molar-refractivity contribution in [1.29, 1.82) is 0 Å². The Morgan fingerprint density at radius 2 is 1.80 bits per heavy atom. The monoisotopic (exact) mass is 853 g/mol. The Morgan fingerprint density at radius 3 is 2.48 bits per heavy atom. The van der Waals surface area contributed by atoms with E-state index in [0.717, 1.165) is 24.9 Å². The normalized spacial score (nSPS) is 18.4. The number of nitrogens with two attached hydrogens (primary N) is 1. The van der Waals surface area contributed by atoms with Crippen LogP contribution in [0.25, 0.3) is 22.3 Å². The zero-order valence-corrected chi connectivity index (χ0v) is 33.9. The van der Waals surface area contributed by atoms with Gasteiger partial charge in [0, 0.05) is 84.0 Å². The number of hydrogen-bond donors (Lipinski definition) is 4. The number of rotatable bonds is 11. The minimum atomic E-state index is -4.67. The Morgan fingerprint density at radius 1 is 1.03 bits per heavy atom. The molecule has 0 saturated carbocycles. The highest BCUT2D eigenvalue weighted by Gasteiger charge is 2.26. The molecule has 60 heavy (non-hydrogen) atoms. The van der Waals surface area contributed by atoms with Crippen molar-refractivity contribution in [2.45, 2.75) is 32.3 Å². The van der Waals surface area contributed by atoms with Gasteiger partial charge in [-0.15, -0.1) is 0 Å². The number of methoxy groups -OCH3 is 1. The number of nitrogen functional groups attached to an aromatic ring is 1. The summed E-state index contributed by atoms with van der Waals surface area (Å²) >= 11 is 0. The van der Waals surface area contributed by atoms with Crippen LogP contribution in [0.2, 0.25) is 0 Å². The maximum atomic E-state index is 15.9. The Labute approximate surface area is 346 Å². The molecule has 0 aliphatic carbocycles. The number of nitrogens with zero attached hydrogens (tertiary/aromatic N) is 3. The predicted octanol–water partition coefficient (Wildman–Crippen LogP) is 4.27. The van der Waals surface area contributed by atoms with Crippen molar-refractivity contribution in [2.75, 3.05) is 70.9 Å². The van der Waals surface area contributed by atoms with Crippen LogP contribution in [-0.4, -0.2) is 116 Å². The van der Waals surface area contributed by atoms with Crippen LogP contribution in [0.3, 0.4) is 0 Å². The number of carbonyl (C=O) groups excluding carboxylic acids is 2. The molecule has 1 atom stereocenters. The number of anilines is 2. The first-order valence-electron chi connectivity index (χ1n) is 18.8. The van der Waals surface area contributed by atoms with Crippen LogP contribution in [0.4, 0.5) is 15.9 Å². The number of carbonyl (C=O) groups is 2. The van der Waals surface area contributed by atoms with Crippen molar-refractivity contribution in [3.8, 4) is 33.8 Å². The molecule has 2 fully saturated rings. The van der Waals surface area contributed by atoms with E-state index in [0.29, 0.717) is 97.2 Å². The number of aromatic nitrogens is 1. The summed E-state index contributed by atoms with van der Waals surface area (Å²) in [6, 6.07) is 11.7. The Kier molecular flexibility index (Phi) is 15.7. The summed E-state index contributed by atoms with van der Waals surface area (Å²) in [6.07, 6.45) is 8.81. The van der Waals surface area contributed by atoms with Crippen LogP contribution in [0.1, 0.15) is 26.2 Å². The maximum Gasteiger partial charge on any atom is 0.394 e. The number of ketones is 1. The van der Waals surface area contributed by atoms with Gasteiger partial charge in [-0.3, -0.25) is 23.7 Å². The molecule has 7 N–H and O–H groups in total. The third-order valence-electron chi connectivity index (χ3n) is 9.91. The van der Waals surface area contributed by atoms with Crippen LogP contribution < -0.4 is 20.5 Å². The summed E-state index contributed by atoms with van der Waals surface area (Å²) in [5.41, 5.74) is 11.1. The average Bonchev–Trinajstić information content (AvgIpc) is 3.21. The fraction of sp³-hybridized carbons (Fsp3) is 0.366. The van der Waals surface area contributed by atoms with Crippen molar-refractivity contribution < 1.29 is 60.7 Å². The number of benzene rings is 2. The lowest BCUT2D eigenvalue weighted by molar-refractivity contribution is -0.114. The van der Waals surface area contributed by atoms with Crippen LogP contribution in [0, 0.1) is 11.7 Å². The van der Waals surface area contributed by atoms with Gasteiger partial charge < -0.3 is 45.1 Å². The Balaban J connectivity index is 0.00000107. The van der Waals surface area contributed by atoms with Crippen LogP contribution in [0.15, 0.2) is 88.8 Å². The van der Waals surface area contributed by atoms with Gasteiger partial charge in [0.15, 0.2) is 17.3 Å². The zero-order chi connectivity index (χ0) is 42.1. The van der Waals surface area contributed by atoms with E-state index in [-0.39, 0.29) is 46.8 Å². The molecule has 0 bridgehead atoms. The summed E-state index contributed by atoms with van der Waals surface area (Å²) in [6.45, 7) is 6.15. The standard InChI is InChI=1S/C41H44FN5O7.H2O4S.H2O/c1-25-18-44-36(17-37(25)48)29-13-30(22-47(21-29)20-26-7-9-51-10-8-26)41(49)46-31-4-5-33(35(42)16-31)34-14-28(19-45-40(34)43)27-3-6-38(39(15-27)50-2)54-24-32-23-52-11-12-53-32;1-5(2,3)4;/h3-6,13-16,18-19,21,26,32H,7-12,17,20,22-24H2,1-2H3,(H2,43,45)(H,46,49);(H2,1,2,3,4);1H2/t32-;;/m1../s1. The van der Waals surface area contributed by atoms with Crippen molar-refractivity contribution in [2.24, 2.45) is 10.9 Å². The summed E-state index contributed by atoms with van der Waals surface area (Å²) in [5.74, 6) is 0.684. The molecular formula is C41H48FN5O12S. The lowest BCUT2D eigenvalue weighted by atomic mass is 9.94. The number of nitrogens with one attached hydrogen (secondary N) is 1. The van der Waals surface area contributed by atoms with Gasteiger partial charge >= 0.3 is 10.4 Å². The van der Waals surface area contributed by atoms with E-state index >= 15 is 4.39 Å². The molecule has 19 heteroatoms. The van der Waals surface area contributed by atoms with Crippen LogP contribution in [0.5, 0.6) is 11.5 Å². The average molecular weight is 854 g/mol. The molecule has 1 amide bonds. The van der Waals surface area contributed by atoms with Gasteiger partial charge in [0.2, 0.25) is 0 Å². The SMILES string of the molecule is COc1cc(-c2cnc(N)c(-c3ccc(NC(=O)C4=CC(C5=NC=C(C)C(=O)C5)=CN(CC5CCOCC5)C4)cc3F)c2)ccc1OC[C@H]1COCCO1.O.O=S(=O)(O)O. The summed E-state index contributed by atoms with van der Waals surface area (Å²) < 4.78 is 75.7. The fourth-order valence-electron chi connectivity index (χ4n) is 6.82. The molecule has 322 valence electrons. The molecule has 1 aromatic heterocycles. The first-order chi connectivity index (χ1) is 28.2. The van der Waals surface area contributed by atoms with E-state index in [2.05, 4.69) is 20.2 Å². The number of aliphatic imine (C=N–C) groups is 1. The molecule has 4 aliphatic rings. The number of halogens is 1. The first kappa shape index (κ1) is 45.5. The second-order valence-electron chi connectivity index (χ2n) is 14.2. The molecule has 3 aromatic rings. The molecule has 2 saturated heterocycles. The molecule has 5 heterocycles. The number of amides is 1. The molecule has 17 nitrogen and oxygen atoms in total. The van der Waals surface area contributed by atoms with Gasteiger partial charge in [-0.25, -0.2) is 9.37 Å². The van der Waals surface area contributed by atoms with E-state index in [9.17, 15) is 9.59 Å². The highest BCUT2D eigenvalue weighted by Crippen LogP contribution is 2.36. The van der Waals surface area contributed by atoms with E-state index in [1.165, 1.54) is 6.07 Å². The van der Waals surface area contributed by atoms with Crippen molar-refractivity contribution in [1.82, 2.24) is 9.88 Å². The Bertz CT molecular complexity index is 2280. The number of allylic oxidation sites excluding steroid dienone is 3. The third kappa shape index (κ3) is 12.5. The number of Topliss-reactive ketones (excluding diaryl/α,β-unsaturated/α-hetero) is 1. The topological polar surface area (TPSA) is 253 Å². The molecule has 4 aliphatic heterocycles. The van der Waals surface area contributed by atoms with E-state index in [1.807, 2.05) is 18.3 Å². The summed E-state index contributed by atoms with van der Waals surface area (Å²) in [7, 11) is -3.11. The van der Waals surface area contributed by atoms with E-state index < -0.39 is 16.2 Å². The Hall–Kier alpha value is -5.54. The molecule has 2 aromatic carbocycles. The predicted molar refractivity (Wildman–Crippen MR) is 221 cm³/mol. The lowest BCUT2D eigenvalue weighted by Crippen LogP contribution is -2.35. The molecule has 7 rings (SSSR count). The molecule has 0 spiro atoms. The highest BCUT2D eigenvalue weighted by atomic mass is 32.3. The smallest absolute Gasteiger partial charge is 0.394 e. The van der Waals surface area contributed by atoms with Crippen LogP contribution in [-0.2, 0) is 34.2 Å². The molecule has 0 unspecified atom stereocenters. The van der Waals surface area contributed by atoms with Gasteiger partial charge in [0.1, 0.15) is 24.3 Å². The highest BCUT2D eigenvalue weighted by molar-refractivity contribution is 7.79. The van der Waals surface area contributed by atoms with Gasteiger partial charge in [0.25, 0.3) is 5.91 Å². The molecular weight excluding hydrogens is 806 g/mol. The quantitative estimate of drug-likeness (QED) is 0.197. The zero-order valence-electron chi connectivity index (χ0n) is 33.1. The van der Waals surface area contributed by atoms with Gasteiger partial charge in [-0.1, -0.05) is 6.07 Å². The fourth-order valence-corrected chi connectivity index (χ4v) is 6.82. The second-order valence-corrected chi connectivity index (χ2v) is 15.1. The molecule has 0 radical (unpaired) electrons. The lowest BCUT2D eigenvalue weighted by Gasteiger charge is -2.32. The van der Waals surface area contributed by atoms with Gasteiger partial charge in [0.05, 0.1) is 39.1 Å². The van der Waals surface area contributed by atoms with Gasteiger partial charge in [-0.05, 0) is 73.7 Å². The van der Waals surface area contributed by atoms with Crippen molar-refractivity contribution in [3.63, 3.8) is 0 Å². The number of ether oxygens (including phenoxy) is 5. The second kappa shape index (κ2) is 20.6. The minimum absolute atomic E-state index is 0.